The van der Waals surface area contributed by atoms with E-state index in [1.165, 1.54) is 10.9 Å². The van der Waals surface area contributed by atoms with Gasteiger partial charge in [-0.05, 0) is 30.2 Å². The summed E-state index contributed by atoms with van der Waals surface area (Å²) in [6.07, 6.45) is 0.885. The lowest BCUT2D eigenvalue weighted by molar-refractivity contribution is -0.118. The van der Waals surface area contributed by atoms with Crippen molar-refractivity contribution in [1.82, 2.24) is 9.47 Å². The number of primary amides is 1. The Bertz CT molecular complexity index is 1120. The summed E-state index contributed by atoms with van der Waals surface area (Å²) in [5.41, 5.74) is 10.6. The molecule has 3 heterocycles. The molecule has 0 bridgehead atoms. The van der Waals surface area contributed by atoms with E-state index in [1.54, 1.807) is 0 Å². The minimum atomic E-state index is -0.322. The van der Waals surface area contributed by atoms with Crippen molar-refractivity contribution in [1.29, 1.82) is 0 Å². The lowest BCUT2D eigenvalue weighted by Crippen LogP contribution is -2.51. The number of hydrogen-bond donors (Lipinski definition) is 1. The fraction of sp³-hybridized carbons (Fsp3) is 0.273. The molecule has 1 unspecified atom stereocenters. The summed E-state index contributed by atoms with van der Waals surface area (Å²) in [6.45, 7) is 1.19. The molecule has 0 saturated heterocycles. The summed E-state index contributed by atoms with van der Waals surface area (Å²) >= 11 is 0. The Balaban J connectivity index is 1.74. The van der Waals surface area contributed by atoms with Crippen LogP contribution < -0.4 is 10.6 Å². The summed E-state index contributed by atoms with van der Waals surface area (Å²) < 4.78 is 2.18. The predicted molar refractivity (Wildman–Crippen MR) is 108 cm³/mol. The van der Waals surface area contributed by atoms with Gasteiger partial charge in [0, 0.05) is 37.5 Å². The normalized spacial score (nSPS) is 18.0. The van der Waals surface area contributed by atoms with Crippen LogP contribution in [0.2, 0.25) is 0 Å². The molecule has 1 aromatic heterocycles. The summed E-state index contributed by atoms with van der Waals surface area (Å²) in [5, 5.41) is 1.20. The molecule has 3 aromatic rings. The van der Waals surface area contributed by atoms with Crippen LogP contribution in [-0.4, -0.2) is 34.9 Å². The number of carbonyl (C=O) groups excluding carboxylic acids is 2. The number of rotatable bonds is 3. The molecule has 142 valence electrons. The highest BCUT2D eigenvalue weighted by Gasteiger charge is 2.42. The van der Waals surface area contributed by atoms with Crippen LogP contribution in [0.25, 0.3) is 10.9 Å². The molecular weight excluding hydrogens is 352 g/mol. The zero-order chi connectivity index (χ0) is 19.4. The summed E-state index contributed by atoms with van der Waals surface area (Å²) in [4.78, 5) is 28.8. The molecule has 28 heavy (non-hydrogen) atoms. The van der Waals surface area contributed by atoms with Crippen molar-refractivity contribution in [3.63, 3.8) is 0 Å². The molecule has 5 rings (SSSR count). The number of fused-ring (bicyclic) bond motifs is 6. The second kappa shape index (κ2) is 6.12. The lowest BCUT2D eigenvalue weighted by atomic mass is 9.96. The Morgan fingerprint density at radius 3 is 2.71 bits per heavy atom. The number of benzene rings is 2. The number of aromatic nitrogens is 1. The molecule has 6 nitrogen and oxygen atoms in total. The molecule has 2 aliphatic rings. The number of nitrogens with zero attached hydrogens (tertiary/aromatic N) is 3. The van der Waals surface area contributed by atoms with Crippen LogP contribution in [0.1, 0.15) is 34.2 Å². The first-order valence-electron chi connectivity index (χ1n) is 9.59. The van der Waals surface area contributed by atoms with Gasteiger partial charge >= 0.3 is 0 Å². The van der Waals surface area contributed by atoms with Crippen LogP contribution in [0.5, 0.6) is 0 Å². The van der Waals surface area contributed by atoms with E-state index >= 15 is 0 Å². The largest absolute Gasteiger partial charge is 0.370 e. The Labute approximate surface area is 163 Å². The summed E-state index contributed by atoms with van der Waals surface area (Å²) in [5.74, 6) is -0.256. The van der Waals surface area contributed by atoms with Gasteiger partial charge in [0.1, 0.15) is 6.17 Å². The molecule has 2 N–H and O–H groups in total. The number of para-hydroxylation sites is 2. The van der Waals surface area contributed by atoms with E-state index in [0.29, 0.717) is 13.1 Å². The predicted octanol–water partition coefficient (Wildman–Crippen LogP) is 2.66. The fourth-order valence-corrected chi connectivity index (χ4v) is 4.77. The van der Waals surface area contributed by atoms with Crippen molar-refractivity contribution >= 4 is 28.4 Å². The molecule has 2 amide bonds. The van der Waals surface area contributed by atoms with Crippen molar-refractivity contribution in [3.05, 3.63) is 65.4 Å². The SMILES string of the molecule is CN1c2ccccc2C(=O)N2CCc3c(n(CCC(N)=O)c4ccccc34)C21. The van der Waals surface area contributed by atoms with Crippen LogP contribution in [0.4, 0.5) is 5.69 Å². The third-order valence-corrected chi connectivity index (χ3v) is 5.99. The first-order chi connectivity index (χ1) is 13.6. The minimum Gasteiger partial charge on any atom is -0.370 e. The first kappa shape index (κ1) is 16.9. The zero-order valence-electron chi connectivity index (χ0n) is 15.8. The van der Waals surface area contributed by atoms with Gasteiger partial charge in [-0.2, -0.15) is 0 Å². The van der Waals surface area contributed by atoms with Gasteiger partial charge in [0.2, 0.25) is 5.91 Å². The van der Waals surface area contributed by atoms with Gasteiger partial charge in [0.15, 0.2) is 0 Å². The Kier molecular flexibility index (Phi) is 3.69. The van der Waals surface area contributed by atoms with E-state index in [1.807, 2.05) is 48.3 Å². The average molecular weight is 374 g/mol. The molecule has 0 radical (unpaired) electrons. The van der Waals surface area contributed by atoms with E-state index in [4.69, 9.17) is 5.73 Å². The highest BCUT2D eigenvalue weighted by atomic mass is 16.2. The zero-order valence-corrected chi connectivity index (χ0v) is 15.8. The van der Waals surface area contributed by atoms with E-state index in [-0.39, 0.29) is 24.4 Å². The van der Waals surface area contributed by atoms with Crippen LogP contribution >= 0.6 is 0 Å². The number of nitrogens with two attached hydrogens (primary N) is 1. The van der Waals surface area contributed by atoms with E-state index < -0.39 is 0 Å². The summed E-state index contributed by atoms with van der Waals surface area (Å²) in [6, 6.07) is 16.0. The Hall–Kier alpha value is -3.28. The number of amides is 2. The lowest BCUT2D eigenvalue weighted by Gasteiger charge is -2.46. The van der Waals surface area contributed by atoms with Crippen molar-refractivity contribution in [2.75, 3.05) is 18.5 Å². The standard InChI is InChI=1S/C22H22N4O2/c1-24-17-8-4-3-7-16(17)22(28)26-12-10-15-14-6-2-5-9-18(14)25(13-11-19(23)27)20(15)21(24)26/h2-9,21H,10-13H2,1H3,(H2,23,27). The van der Waals surface area contributed by atoms with Gasteiger partial charge in [0.25, 0.3) is 5.91 Å². The van der Waals surface area contributed by atoms with E-state index in [9.17, 15) is 9.59 Å². The van der Waals surface area contributed by atoms with Gasteiger partial charge in [-0.25, -0.2) is 0 Å². The number of carbonyl (C=O) groups is 2. The van der Waals surface area contributed by atoms with E-state index in [0.717, 1.165) is 28.9 Å². The first-order valence-corrected chi connectivity index (χ1v) is 9.59. The average Bonchev–Trinajstić information content (AvgIpc) is 3.04. The van der Waals surface area contributed by atoms with Crippen molar-refractivity contribution in [2.45, 2.75) is 25.6 Å². The maximum Gasteiger partial charge on any atom is 0.257 e. The molecule has 0 aliphatic carbocycles. The molecule has 6 heteroatoms. The highest BCUT2D eigenvalue weighted by Crippen LogP contribution is 2.44. The third-order valence-electron chi connectivity index (χ3n) is 5.99. The van der Waals surface area contributed by atoms with Gasteiger partial charge in [-0.15, -0.1) is 0 Å². The maximum atomic E-state index is 13.2. The molecule has 2 aliphatic heterocycles. The topological polar surface area (TPSA) is 71.6 Å². The molecule has 0 fully saturated rings. The van der Waals surface area contributed by atoms with Crippen LogP contribution in [0.3, 0.4) is 0 Å². The fourth-order valence-electron chi connectivity index (χ4n) is 4.77. The van der Waals surface area contributed by atoms with E-state index in [2.05, 4.69) is 21.6 Å². The van der Waals surface area contributed by atoms with Gasteiger partial charge in [0.05, 0.1) is 16.9 Å². The van der Waals surface area contributed by atoms with Gasteiger partial charge in [-0.3, -0.25) is 9.59 Å². The number of aryl methyl sites for hydroxylation is 1. The second-order valence-corrected chi connectivity index (χ2v) is 7.50. The molecule has 1 atom stereocenters. The monoisotopic (exact) mass is 374 g/mol. The maximum absolute atomic E-state index is 13.2. The Morgan fingerprint density at radius 1 is 1.14 bits per heavy atom. The minimum absolute atomic E-state index is 0.0658. The van der Waals surface area contributed by atoms with Crippen LogP contribution in [-0.2, 0) is 17.8 Å². The highest BCUT2D eigenvalue weighted by molar-refractivity contribution is 6.02. The van der Waals surface area contributed by atoms with Crippen molar-refractivity contribution < 1.29 is 9.59 Å². The molecule has 0 spiro atoms. The second-order valence-electron chi connectivity index (χ2n) is 7.50. The van der Waals surface area contributed by atoms with Crippen molar-refractivity contribution in [3.8, 4) is 0 Å². The number of anilines is 1. The molecule has 0 saturated carbocycles. The molecular formula is C22H22N4O2. The van der Waals surface area contributed by atoms with Gasteiger partial charge < -0.3 is 20.1 Å². The van der Waals surface area contributed by atoms with Crippen LogP contribution in [0.15, 0.2) is 48.5 Å². The smallest absolute Gasteiger partial charge is 0.257 e. The quantitative estimate of drug-likeness (QED) is 0.766. The summed E-state index contributed by atoms with van der Waals surface area (Å²) in [7, 11) is 2.04. The number of hydrogen-bond acceptors (Lipinski definition) is 3. The Morgan fingerprint density at radius 2 is 1.89 bits per heavy atom. The van der Waals surface area contributed by atoms with Crippen LogP contribution in [0, 0.1) is 0 Å². The van der Waals surface area contributed by atoms with Crippen molar-refractivity contribution in [2.24, 2.45) is 5.73 Å². The third kappa shape index (κ3) is 2.27. The van der Waals surface area contributed by atoms with Gasteiger partial charge in [-0.1, -0.05) is 30.3 Å². The molecule has 2 aromatic carbocycles.